The summed E-state index contributed by atoms with van der Waals surface area (Å²) in [6.45, 7) is 0. The summed E-state index contributed by atoms with van der Waals surface area (Å²) in [5.41, 5.74) is 2.13. The minimum Gasteiger partial charge on any atom is -0.324 e. The monoisotopic (exact) mass is 441 g/mol. The number of nitrogens with zero attached hydrogens (tertiary/aromatic N) is 2. The third-order valence-corrected chi connectivity index (χ3v) is 6.77. The third-order valence-electron chi connectivity index (χ3n) is 4.25. The number of anilines is 1. The second-order valence-corrected chi connectivity index (χ2v) is 8.67. The number of hydrogen-bond acceptors (Lipinski definition) is 5. The van der Waals surface area contributed by atoms with E-state index < -0.39 is 0 Å². The molecule has 0 fully saturated rings. The van der Waals surface area contributed by atoms with Gasteiger partial charge in [0, 0.05) is 11.9 Å². The normalized spacial score (nSPS) is 11.0. The zero-order valence-corrected chi connectivity index (χ0v) is 17.8. The summed E-state index contributed by atoms with van der Waals surface area (Å²) < 4.78 is 2.09. The first kappa shape index (κ1) is 19.7. The molecule has 0 spiro atoms. The van der Waals surface area contributed by atoms with Gasteiger partial charge in [0.2, 0.25) is 5.91 Å². The first-order chi connectivity index (χ1) is 14.0. The van der Waals surface area contributed by atoms with Gasteiger partial charge in [-0.25, -0.2) is 4.98 Å². The molecule has 146 valence electrons. The van der Waals surface area contributed by atoms with Crippen molar-refractivity contribution >= 4 is 56.5 Å². The summed E-state index contributed by atoms with van der Waals surface area (Å²) in [7, 11) is 1.67. The van der Waals surface area contributed by atoms with Gasteiger partial charge in [-0.15, -0.1) is 11.3 Å². The molecule has 0 saturated heterocycles. The Morgan fingerprint density at radius 1 is 1.17 bits per heavy atom. The molecule has 2 heterocycles. The van der Waals surface area contributed by atoms with Crippen molar-refractivity contribution in [2.75, 3.05) is 11.1 Å². The van der Waals surface area contributed by atoms with Crippen LogP contribution in [0.2, 0.25) is 5.02 Å². The van der Waals surface area contributed by atoms with Gasteiger partial charge in [-0.1, -0.05) is 65.8 Å². The van der Waals surface area contributed by atoms with E-state index >= 15 is 0 Å². The molecular weight excluding hydrogens is 426 g/mol. The fourth-order valence-electron chi connectivity index (χ4n) is 2.79. The smallest absolute Gasteiger partial charge is 0.271 e. The number of rotatable bonds is 5. The maximum atomic E-state index is 12.8. The Morgan fingerprint density at radius 3 is 2.66 bits per heavy atom. The Labute approximate surface area is 180 Å². The number of aromatic nitrogens is 2. The number of amides is 1. The van der Waals surface area contributed by atoms with Crippen molar-refractivity contribution in [3.63, 3.8) is 0 Å². The molecule has 4 rings (SSSR count). The first-order valence-corrected chi connectivity index (χ1v) is 10.9. The molecule has 0 unspecified atom stereocenters. The molecular formula is C21H16ClN3O2S2. The maximum Gasteiger partial charge on any atom is 0.271 e. The van der Waals surface area contributed by atoms with Crippen molar-refractivity contribution in [1.82, 2.24) is 9.55 Å². The molecule has 0 atom stereocenters. The summed E-state index contributed by atoms with van der Waals surface area (Å²) >= 11 is 8.72. The Hall–Kier alpha value is -2.61. The van der Waals surface area contributed by atoms with Crippen LogP contribution in [0.25, 0.3) is 20.7 Å². The average Bonchev–Trinajstić information content (AvgIpc) is 3.16. The van der Waals surface area contributed by atoms with E-state index in [1.54, 1.807) is 31.3 Å². The van der Waals surface area contributed by atoms with Gasteiger partial charge in [0.1, 0.15) is 4.70 Å². The first-order valence-electron chi connectivity index (χ1n) is 8.76. The van der Waals surface area contributed by atoms with Crippen LogP contribution in [0.5, 0.6) is 0 Å². The van der Waals surface area contributed by atoms with Crippen LogP contribution in [-0.4, -0.2) is 21.2 Å². The van der Waals surface area contributed by atoms with E-state index in [2.05, 4.69) is 10.3 Å². The van der Waals surface area contributed by atoms with E-state index in [0.29, 0.717) is 26.1 Å². The van der Waals surface area contributed by atoms with Crippen molar-refractivity contribution in [2.45, 2.75) is 5.16 Å². The number of benzene rings is 2. The molecule has 8 heteroatoms. The van der Waals surface area contributed by atoms with Gasteiger partial charge >= 0.3 is 0 Å². The fourth-order valence-corrected chi connectivity index (χ4v) is 4.82. The lowest BCUT2D eigenvalue weighted by atomic mass is 10.2. The predicted octanol–water partition coefficient (Wildman–Crippen LogP) is 5.05. The summed E-state index contributed by atoms with van der Waals surface area (Å²) in [5, 5.41) is 3.74. The zero-order chi connectivity index (χ0) is 20.4. The minimum absolute atomic E-state index is 0.115. The molecule has 2 aromatic heterocycles. The van der Waals surface area contributed by atoms with Gasteiger partial charge < -0.3 is 5.32 Å². The highest BCUT2D eigenvalue weighted by atomic mass is 35.5. The Kier molecular flexibility index (Phi) is 5.71. The number of nitrogens with one attached hydrogen (secondary N) is 1. The highest BCUT2D eigenvalue weighted by Crippen LogP contribution is 2.31. The van der Waals surface area contributed by atoms with Crippen LogP contribution in [0.3, 0.4) is 0 Å². The molecule has 5 nitrogen and oxygen atoms in total. The SMILES string of the molecule is Cn1c(SCC(=O)Nc2ccccc2Cl)nc2cc(-c3ccccc3)sc2c1=O. The van der Waals surface area contributed by atoms with E-state index in [4.69, 9.17) is 11.6 Å². The van der Waals surface area contributed by atoms with Crippen LogP contribution in [0.1, 0.15) is 0 Å². The van der Waals surface area contributed by atoms with Crippen LogP contribution in [-0.2, 0) is 11.8 Å². The van der Waals surface area contributed by atoms with Gasteiger partial charge in [0.15, 0.2) is 5.16 Å². The van der Waals surface area contributed by atoms with E-state index in [0.717, 1.165) is 10.4 Å². The zero-order valence-electron chi connectivity index (χ0n) is 15.4. The van der Waals surface area contributed by atoms with Gasteiger partial charge in [0.05, 0.1) is 22.0 Å². The van der Waals surface area contributed by atoms with Crippen molar-refractivity contribution in [3.05, 3.63) is 76.0 Å². The summed E-state index contributed by atoms with van der Waals surface area (Å²) in [4.78, 5) is 30.7. The average molecular weight is 442 g/mol. The lowest BCUT2D eigenvalue weighted by Gasteiger charge is -2.08. The van der Waals surface area contributed by atoms with Crippen LogP contribution < -0.4 is 10.9 Å². The Bertz CT molecular complexity index is 1250. The van der Waals surface area contributed by atoms with E-state index in [1.807, 2.05) is 36.4 Å². The van der Waals surface area contributed by atoms with Crippen molar-refractivity contribution in [3.8, 4) is 10.4 Å². The summed E-state index contributed by atoms with van der Waals surface area (Å²) in [5.74, 6) is -0.0973. The molecule has 0 bridgehead atoms. The Balaban J connectivity index is 1.56. The van der Waals surface area contributed by atoms with Gasteiger partial charge in [0.25, 0.3) is 5.56 Å². The molecule has 0 aliphatic rings. The quantitative estimate of drug-likeness (QED) is 0.348. The van der Waals surface area contributed by atoms with E-state index in [1.165, 1.54) is 27.7 Å². The highest BCUT2D eigenvalue weighted by molar-refractivity contribution is 7.99. The van der Waals surface area contributed by atoms with Crippen LogP contribution in [0.15, 0.2) is 70.6 Å². The number of fused-ring (bicyclic) bond motifs is 1. The van der Waals surface area contributed by atoms with Crippen molar-refractivity contribution in [1.29, 1.82) is 0 Å². The molecule has 2 aromatic carbocycles. The third kappa shape index (κ3) is 4.22. The number of halogens is 1. The Morgan fingerprint density at radius 2 is 1.90 bits per heavy atom. The molecule has 0 saturated carbocycles. The second kappa shape index (κ2) is 8.41. The predicted molar refractivity (Wildman–Crippen MR) is 121 cm³/mol. The molecule has 1 N–H and O–H groups in total. The summed E-state index contributed by atoms with van der Waals surface area (Å²) in [6, 6.07) is 18.9. The maximum absolute atomic E-state index is 12.8. The number of carbonyl (C=O) groups is 1. The lowest BCUT2D eigenvalue weighted by Crippen LogP contribution is -2.20. The molecule has 0 aliphatic carbocycles. The van der Waals surface area contributed by atoms with E-state index in [9.17, 15) is 9.59 Å². The molecule has 0 radical (unpaired) electrons. The number of thioether (sulfide) groups is 1. The number of thiophene rings is 1. The number of hydrogen-bond donors (Lipinski definition) is 1. The van der Waals surface area contributed by atoms with Crippen LogP contribution in [0, 0.1) is 0 Å². The number of para-hydroxylation sites is 1. The molecule has 1 amide bonds. The van der Waals surface area contributed by atoms with Gasteiger partial charge in [-0.05, 0) is 23.8 Å². The van der Waals surface area contributed by atoms with Crippen LogP contribution >= 0.6 is 34.7 Å². The molecule has 29 heavy (non-hydrogen) atoms. The highest BCUT2D eigenvalue weighted by Gasteiger charge is 2.15. The minimum atomic E-state index is -0.215. The van der Waals surface area contributed by atoms with Crippen molar-refractivity contribution in [2.24, 2.45) is 7.05 Å². The summed E-state index contributed by atoms with van der Waals surface area (Å²) in [6.07, 6.45) is 0. The van der Waals surface area contributed by atoms with E-state index in [-0.39, 0.29) is 17.2 Å². The largest absolute Gasteiger partial charge is 0.324 e. The van der Waals surface area contributed by atoms with Gasteiger partial charge in [-0.3, -0.25) is 14.2 Å². The lowest BCUT2D eigenvalue weighted by molar-refractivity contribution is -0.113. The topological polar surface area (TPSA) is 64.0 Å². The fraction of sp³-hybridized carbons (Fsp3) is 0.0952. The second-order valence-electron chi connectivity index (χ2n) is 6.27. The molecule has 0 aliphatic heterocycles. The van der Waals surface area contributed by atoms with Gasteiger partial charge in [-0.2, -0.15) is 0 Å². The van der Waals surface area contributed by atoms with Crippen molar-refractivity contribution < 1.29 is 4.79 Å². The standard InChI is InChI=1S/C21H16ClN3O2S2/c1-25-20(27)19-16(11-17(29-19)13-7-3-2-4-8-13)24-21(25)28-12-18(26)23-15-10-6-5-9-14(15)22/h2-11H,12H2,1H3,(H,23,26). The van der Waals surface area contributed by atoms with Crippen LogP contribution in [0.4, 0.5) is 5.69 Å². The number of carbonyl (C=O) groups excluding carboxylic acids is 1. The molecule has 4 aromatic rings.